The fourth-order valence-corrected chi connectivity index (χ4v) is 2.43. The molecule has 3 N–H and O–H groups in total. The fraction of sp³-hybridized carbons (Fsp3) is 0.600. The zero-order valence-corrected chi connectivity index (χ0v) is 12.1. The highest BCUT2D eigenvalue weighted by atomic mass is 16.7. The van der Waals surface area contributed by atoms with Crippen LogP contribution in [0.15, 0.2) is 6.07 Å². The zero-order valence-electron chi connectivity index (χ0n) is 12.1. The summed E-state index contributed by atoms with van der Waals surface area (Å²) in [6, 6.07) is 2.14. The number of hydrogen-bond acceptors (Lipinski definition) is 4. The van der Waals surface area contributed by atoms with Crippen molar-refractivity contribution >= 4 is 5.69 Å². The molecule has 0 amide bonds. The molecule has 1 aromatic rings. The van der Waals surface area contributed by atoms with Gasteiger partial charge in [-0.15, -0.1) is 0 Å². The summed E-state index contributed by atoms with van der Waals surface area (Å²) in [6.07, 6.45) is 2.21. The van der Waals surface area contributed by atoms with Crippen LogP contribution in [-0.4, -0.2) is 19.9 Å². The molecule has 0 aromatic heterocycles. The molecule has 1 heterocycles. The first-order chi connectivity index (χ1) is 9.13. The highest BCUT2D eigenvalue weighted by molar-refractivity contribution is 5.66. The Bertz CT molecular complexity index is 446. The van der Waals surface area contributed by atoms with Crippen molar-refractivity contribution in [1.82, 2.24) is 0 Å². The van der Waals surface area contributed by atoms with Crippen molar-refractivity contribution in [3.8, 4) is 11.5 Å². The molecule has 4 heteroatoms. The van der Waals surface area contributed by atoms with E-state index in [9.17, 15) is 0 Å². The van der Waals surface area contributed by atoms with Gasteiger partial charge in [-0.05, 0) is 50.8 Å². The van der Waals surface area contributed by atoms with E-state index in [4.69, 9.17) is 15.2 Å². The van der Waals surface area contributed by atoms with Gasteiger partial charge in [0, 0.05) is 17.8 Å². The van der Waals surface area contributed by atoms with Gasteiger partial charge in [0.1, 0.15) is 0 Å². The monoisotopic (exact) mass is 264 g/mol. The van der Waals surface area contributed by atoms with E-state index in [1.165, 1.54) is 0 Å². The van der Waals surface area contributed by atoms with Crippen molar-refractivity contribution in [2.75, 3.05) is 25.2 Å². The van der Waals surface area contributed by atoms with E-state index in [0.717, 1.165) is 54.2 Å². The van der Waals surface area contributed by atoms with Crippen LogP contribution in [0.1, 0.15) is 30.9 Å². The van der Waals surface area contributed by atoms with Crippen molar-refractivity contribution in [2.24, 2.45) is 11.7 Å². The van der Waals surface area contributed by atoms with Gasteiger partial charge in [-0.3, -0.25) is 0 Å². The van der Waals surface area contributed by atoms with E-state index < -0.39 is 0 Å². The zero-order chi connectivity index (χ0) is 13.8. The van der Waals surface area contributed by atoms with Crippen molar-refractivity contribution < 1.29 is 9.47 Å². The molecule has 0 saturated carbocycles. The van der Waals surface area contributed by atoms with Crippen LogP contribution < -0.4 is 20.5 Å². The molecule has 106 valence electrons. The van der Waals surface area contributed by atoms with E-state index >= 15 is 0 Å². The molecule has 1 aliphatic heterocycles. The van der Waals surface area contributed by atoms with Gasteiger partial charge in [-0.1, -0.05) is 6.92 Å². The number of nitrogens with two attached hydrogens (primary N) is 1. The number of ether oxygens (including phenoxy) is 2. The van der Waals surface area contributed by atoms with Gasteiger partial charge in [0.2, 0.25) is 6.79 Å². The second-order valence-electron chi connectivity index (χ2n) is 5.33. The summed E-state index contributed by atoms with van der Waals surface area (Å²) in [7, 11) is 0. The third-order valence-corrected chi connectivity index (χ3v) is 3.69. The van der Waals surface area contributed by atoms with E-state index in [0.29, 0.717) is 12.7 Å². The molecule has 0 bridgehead atoms. The Hall–Kier alpha value is -1.42. The van der Waals surface area contributed by atoms with Gasteiger partial charge >= 0.3 is 0 Å². The number of benzene rings is 1. The maximum absolute atomic E-state index is 5.57. The first-order valence-corrected chi connectivity index (χ1v) is 6.97. The van der Waals surface area contributed by atoms with Crippen LogP contribution in [0, 0.1) is 19.8 Å². The first-order valence-electron chi connectivity index (χ1n) is 6.97. The smallest absolute Gasteiger partial charge is 0.231 e. The van der Waals surface area contributed by atoms with E-state index in [1.54, 1.807) is 0 Å². The van der Waals surface area contributed by atoms with E-state index in [1.807, 2.05) is 0 Å². The Labute approximate surface area is 115 Å². The quantitative estimate of drug-likeness (QED) is 0.829. The van der Waals surface area contributed by atoms with Crippen LogP contribution in [-0.2, 0) is 0 Å². The minimum Gasteiger partial charge on any atom is -0.453 e. The van der Waals surface area contributed by atoms with Gasteiger partial charge in [0.15, 0.2) is 11.5 Å². The van der Waals surface area contributed by atoms with E-state index in [-0.39, 0.29) is 0 Å². The molecule has 0 saturated heterocycles. The second-order valence-corrected chi connectivity index (χ2v) is 5.33. The summed E-state index contributed by atoms with van der Waals surface area (Å²) in [5.41, 5.74) is 8.96. The lowest BCUT2D eigenvalue weighted by molar-refractivity contribution is 0.173. The minimum atomic E-state index is 0.327. The minimum absolute atomic E-state index is 0.327. The number of nitrogens with one attached hydrogen (secondary N) is 1. The van der Waals surface area contributed by atoms with Crippen LogP contribution in [0.2, 0.25) is 0 Å². The maximum Gasteiger partial charge on any atom is 0.231 e. The summed E-state index contributed by atoms with van der Waals surface area (Å²) >= 11 is 0. The molecule has 0 fully saturated rings. The summed E-state index contributed by atoms with van der Waals surface area (Å²) in [5, 5.41) is 3.50. The lowest BCUT2D eigenvalue weighted by Crippen LogP contribution is -2.11. The number of rotatable bonds is 6. The van der Waals surface area contributed by atoms with Crippen LogP contribution in [0.5, 0.6) is 11.5 Å². The van der Waals surface area contributed by atoms with Gasteiger partial charge in [-0.2, -0.15) is 0 Å². The predicted octanol–water partition coefficient (Wildman–Crippen LogP) is 2.82. The maximum atomic E-state index is 5.57. The molecule has 1 unspecified atom stereocenters. The van der Waals surface area contributed by atoms with Crippen molar-refractivity contribution in [1.29, 1.82) is 0 Å². The average molecular weight is 264 g/mol. The third-order valence-electron chi connectivity index (χ3n) is 3.69. The fourth-order valence-electron chi connectivity index (χ4n) is 2.43. The van der Waals surface area contributed by atoms with Crippen molar-refractivity contribution in [3.05, 3.63) is 17.2 Å². The number of aryl methyl sites for hydroxylation is 1. The van der Waals surface area contributed by atoms with Crippen LogP contribution in [0.25, 0.3) is 0 Å². The number of anilines is 1. The topological polar surface area (TPSA) is 56.5 Å². The van der Waals surface area contributed by atoms with Gasteiger partial charge in [0.05, 0.1) is 0 Å². The third kappa shape index (κ3) is 3.13. The molecular formula is C15H24N2O2. The standard InChI is InChI=1S/C15H24N2O2/c1-10(4-6-16)5-7-17-13-8-11(2)14-15(12(13)3)19-9-18-14/h8,10,17H,4-7,9,16H2,1-3H3. The van der Waals surface area contributed by atoms with Gasteiger partial charge in [-0.25, -0.2) is 0 Å². The highest BCUT2D eigenvalue weighted by Gasteiger charge is 2.21. The SMILES string of the molecule is Cc1cc(NCCC(C)CCN)c(C)c2c1OCO2. The Balaban J connectivity index is 2.00. The number of fused-ring (bicyclic) bond motifs is 1. The average Bonchev–Trinajstić information content (AvgIpc) is 2.85. The number of hydrogen-bond donors (Lipinski definition) is 2. The molecule has 19 heavy (non-hydrogen) atoms. The Morgan fingerprint density at radius 3 is 2.74 bits per heavy atom. The highest BCUT2D eigenvalue weighted by Crippen LogP contribution is 2.42. The van der Waals surface area contributed by atoms with E-state index in [2.05, 4.69) is 32.2 Å². The Morgan fingerprint density at radius 1 is 1.26 bits per heavy atom. The molecule has 0 radical (unpaired) electrons. The van der Waals surface area contributed by atoms with Crippen LogP contribution >= 0.6 is 0 Å². The van der Waals surface area contributed by atoms with Gasteiger partial charge < -0.3 is 20.5 Å². The second kappa shape index (κ2) is 6.15. The Kier molecular flexibility index (Phi) is 4.53. The summed E-state index contributed by atoms with van der Waals surface area (Å²) in [6.45, 7) is 8.42. The largest absolute Gasteiger partial charge is 0.453 e. The summed E-state index contributed by atoms with van der Waals surface area (Å²) < 4.78 is 11.0. The molecule has 4 nitrogen and oxygen atoms in total. The lowest BCUT2D eigenvalue weighted by atomic mass is 10.0. The molecule has 1 atom stereocenters. The predicted molar refractivity (Wildman–Crippen MR) is 78.0 cm³/mol. The first kappa shape index (κ1) is 14.0. The molecular weight excluding hydrogens is 240 g/mol. The Morgan fingerprint density at radius 2 is 2.00 bits per heavy atom. The van der Waals surface area contributed by atoms with Gasteiger partial charge in [0.25, 0.3) is 0 Å². The summed E-state index contributed by atoms with van der Waals surface area (Å²) in [4.78, 5) is 0. The van der Waals surface area contributed by atoms with Crippen LogP contribution in [0.3, 0.4) is 0 Å². The van der Waals surface area contributed by atoms with Crippen molar-refractivity contribution in [3.63, 3.8) is 0 Å². The molecule has 0 spiro atoms. The van der Waals surface area contributed by atoms with Crippen LogP contribution in [0.4, 0.5) is 5.69 Å². The van der Waals surface area contributed by atoms with Crippen molar-refractivity contribution in [2.45, 2.75) is 33.6 Å². The molecule has 2 rings (SSSR count). The normalized spacial score (nSPS) is 14.5. The molecule has 1 aliphatic rings. The molecule has 0 aliphatic carbocycles. The summed E-state index contributed by atoms with van der Waals surface area (Å²) in [5.74, 6) is 2.44. The molecule has 1 aromatic carbocycles. The lowest BCUT2D eigenvalue weighted by Gasteiger charge is -2.15.